The first-order valence-electron chi connectivity index (χ1n) is 7.15. The number of methoxy groups -OCH3 is 1. The van der Waals surface area contributed by atoms with Gasteiger partial charge in [0.2, 0.25) is 0 Å². The molecule has 0 saturated heterocycles. The second-order valence-electron chi connectivity index (χ2n) is 5.12. The number of halogens is 1. The fraction of sp³-hybridized carbons (Fsp3) is 0.0526. The average Bonchev–Trinajstić information content (AvgIpc) is 3.10. The Morgan fingerprint density at radius 2 is 1.71 bits per heavy atom. The van der Waals surface area contributed by atoms with E-state index in [2.05, 4.69) is 4.74 Å². The second kappa shape index (κ2) is 6.50. The van der Waals surface area contributed by atoms with Gasteiger partial charge in [-0.05, 0) is 41.5 Å². The molecule has 1 heterocycles. The summed E-state index contributed by atoms with van der Waals surface area (Å²) < 4.78 is 23.7. The zero-order valence-corrected chi connectivity index (χ0v) is 12.8. The number of ether oxygens (including phenoxy) is 1. The number of benzene rings is 2. The van der Waals surface area contributed by atoms with E-state index in [1.54, 1.807) is 42.5 Å². The molecule has 0 atom stereocenters. The highest BCUT2D eigenvalue weighted by Crippen LogP contribution is 2.27. The Kier molecular flexibility index (Phi) is 4.24. The van der Waals surface area contributed by atoms with E-state index in [1.165, 1.54) is 13.2 Å². The van der Waals surface area contributed by atoms with Gasteiger partial charge in [0.25, 0.3) is 0 Å². The van der Waals surface area contributed by atoms with Crippen molar-refractivity contribution in [3.63, 3.8) is 0 Å². The number of carbonyl (C=O) groups is 2. The lowest BCUT2D eigenvalue weighted by molar-refractivity contribution is 0.0600. The van der Waals surface area contributed by atoms with Gasteiger partial charge in [0.15, 0.2) is 12.0 Å². The van der Waals surface area contributed by atoms with Crippen LogP contribution in [-0.4, -0.2) is 19.4 Å². The van der Waals surface area contributed by atoms with Crippen molar-refractivity contribution in [3.05, 3.63) is 71.7 Å². The number of hydrogen-bond donors (Lipinski definition) is 0. The molecule has 0 unspecified atom stereocenters. The van der Waals surface area contributed by atoms with Crippen molar-refractivity contribution in [2.24, 2.45) is 0 Å². The highest BCUT2D eigenvalue weighted by molar-refractivity contribution is 5.91. The Labute approximate surface area is 137 Å². The van der Waals surface area contributed by atoms with Gasteiger partial charge in [0, 0.05) is 5.56 Å². The van der Waals surface area contributed by atoms with Gasteiger partial charge in [0.1, 0.15) is 11.6 Å². The molecule has 0 aliphatic heterocycles. The number of hydrogen-bond acceptors (Lipinski definition) is 4. The maximum absolute atomic E-state index is 13.7. The van der Waals surface area contributed by atoms with E-state index < -0.39 is 11.8 Å². The monoisotopic (exact) mass is 324 g/mol. The van der Waals surface area contributed by atoms with E-state index in [4.69, 9.17) is 4.42 Å². The minimum atomic E-state index is -0.593. The number of aldehydes is 1. The van der Waals surface area contributed by atoms with E-state index in [-0.39, 0.29) is 11.3 Å². The van der Waals surface area contributed by atoms with Gasteiger partial charge in [-0.3, -0.25) is 4.79 Å². The van der Waals surface area contributed by atoms with Gasteiger partial charge in [-0.15, -0.1) is 0 Å². The molecule has 120 valence electrons. The maximum Gasteiger partial charge on any atom is 0.337 e. The highest BCUT2D eigenvalue weighted by Gasteiger charge is 2.11. The summed E-state index contributed by atoms with van der Waals surface area (Å²) in [6.07, 6.45) is 0.638. The standard InChI is InChI=1S/C19H13FO4/c1-23-19(22)15-8-14(9-16(20)10-15)12-2-4-13(5-3-12)18-7-6-17(11-21)24-18/h2-11H,1H3. The first kappa shape index (κ1) is 15.7. The molecular weight excluding hydrogens is 311 g/mol. The van der Waals surface area contributed by atoms with Crippen molar-refractivity contribution < 1.29 is 23.1 Å². The van der Waals surface area contributed by atoms with Crippen molar-refractivity contribution in [2.45, 2.75) is 0 Å². The molecule has 0 bridgehead atoms. The largest absolute Gasteiger partial charge is 0.465 e. The van der Waals surface area contributed by atoms with E-state index in [0.29, 0.717) is 17.6 Å². The summed E-state index contributed by atoms with van der Waals surface area (Å²) in [6, 6.07) is 14.5. The van der Waals surface area contributed by atoms with Crippen molar-refractivity contribution in [1.82, 2.24) is 0 Å². The minimum absolute atomic E-state index is 0.151. The second-order valence-corrected chi connectivity index (χ2v) is 5.12. The molecule has 1 aromatic heterocycles. The lowest BCUT2D eigenvalue weighted by Gasteiger charge is -2.06. The normalized spacial score (nSPS) is 10.4. The first-order chi connectivity index (χ1) is 11.6. The van der Waals surface area contributed by atoms with Crippen LogP contribution in [0.2, 0.25) is 0 Å². The van der Waals surface area contributed by atoms with Crippen LogP contribution in [0.5, 0.6) is 0 Å². The number of carbonyl (C=O) groups excluding carboxylic acids is 2. The van der Waals surface area contributed by atoms with Crippen LogP contribution in [0.3, 0.4) is 0 Å². The Balaban J connectivity index is 1.94. The SMILES string of the molecule is COC(=O)c1cc(F)cc(-c2ccc(-c3ccc(C=O)o3)cc2)c1. The maximum atomic E-state index is 13.7. The molecule has 4 nitrogen and oxygen atoms in total. The molecule has 3 rings (SSSR count). The van der Waals surface area contributed by atoms with Gasteiger partial charge in [-0.25, -0.2) is 9.18 Å². The fourth-order valence-corrected chi connectivity index (χ4v) is 2.39. The highest BCUT2D eigenvalue weighted by atomic mass is 19.1. The van der Waals surface area contributed by atoms with Crippen LogP contribution in [0.25, 0.3) is 22.5 Å². The molecule has 0 N–H and O–H groups in total. The molecule has 0 spiro atoms. The van der Waals surface area contributed by atoms with Gasteiger partial charge < -0.3 is 9.15 Å². The Morgan fingerprint density at radius 1 is 1.00 bits per heavy atom. The molecule has 24 heavy (non-hydrogen) atoms. The number of furan rings is 1. The smallest absolute Gasteiger partial charge is 0.337 e. The molecule has 3 aromatic rings. The lowest BCUT2D eigenvalue weighted by atomic mass is 10.0. The lowest BCUT2D eigenvalue weighted by Crippen LogP contribution is -2.02. The first-order valence-corrected chi connectivity index (χ1v) is 7.15. The molecule has 2 aromatic carbocycles. The Hall–Kier alpha value is -3.21. The quantitative estimate of drug-likeness (QED) is 0.529. The summed E-state index contributed by atoms with van der Waals surface area (Å²) in [5.74, 6) is -0.289. The van der Waals surface area contributed by atoms with Crippen LogP contribution in [0.1, 0.15) is 20.9 Å². The van der Waals surface area contributed by atoms with Crippen LogP contribution < -0.4 is 0 Å². The summed E-state index contributed by atoms with van der Waals surface area (Å²) in [7, 11) is 1.25. The van der Waals surface area contributed by atoms with E-state index in [0.717, 1.165) is 17.2 Å². The third kappa shape index (κ3) is 3.10. The zero-order valence-electron chi connectivity index (χ0n) is 12.8. The fourth-order valence-electron chi connectivity index (χ4n) is 2.39. The Bertz CT molecular complexity index is 894. The molecular formula is C19H13FO4. The van der Waals surface area contributed by atoms with E-state index >= 15 is 0 Å². The van der Waals surface area contributed by atoms with Gasteiger partial charge in [0.05, 0.1) is 12.7 Å². The topological polar surface area (TPSA) is 56.5 Å². The van der Waals surface area contributed by atoms with Gasteiger partial charge in [-0.2, -0.15) is 0 Å². The van der Waals surface area contributed by atoms with Crippen LogP contribution in [0, 0.1) is 5.82 Å². The molecule has 0 aliphatic rings. The van der Waals surface area contributed by atoms with Crippen LogP contribution in [0.4, 0.5) is 4.39 Å². The predicted octanol–water partition coefficient (Wildman–Crippen LogP) is 4.35. The number of rotatable bonds is 4. The van der Waals surface area contributed by atoms with Crippen molar-refractivity contribution in [3.8, 4) is 22.5 Å². The van der Waals surface area contributed by atoms with Crippen molar-refractivity contribution >= 4 is 12.3 Å². The number of esters is 1. The molecule has 0 amide bonds. The van der Waals surface area contributed by atoms with Crippen molar-refractivity contribution in [1.29, 1.82) is 0 Å². The molecule has 0 aliphatic carbocycles. The molecule has 5 heteroatoms. The molecule has 0 saturated carbocycles. The summed E-state index contributed by atoms with van der Waals surface area (Å²) in [4.78, 5) is 22.3. The Morgan fingerprint density at radius 3 is 2.33 bits per heavy atom. The summed E-state index contributed by atoms with van der Waals surface area (Å²) in [5.41, 5.74) is 2.25. The minimum Gasteiger partial charge on any atom is -0.465 e. The van der Waals surface area contributed by atoms with E-state index in [9.17, 15) is 14.0 Å². The van der Waals surface area contributed by atoms with Crippen LogP contribution in [-0.2, 0) is 4.74 Å². The zero-order chi connectivity index (χ0) is 17.1. The van der Waals surface area contributed by atoms with Gasteiger partial charge >= 0.3 is 5.97 Å². The average molecular weight is 324 g/mol. The molecule has 0 fully saturated rings. The summed E-state index contributed by atoms with van der Waals surface area (Å²) >= 11 is 0. The summed E-state index contributed by atoms with van der Waals surface area (Å²) in [5, 5.41) is 0. The summed E-state index contributed by atoms with van der Waals surface area (Å²) in [6.45, 7) is 0. The van der Waals surface area contributed by atoms with Crippen LogP contribution >= 0.6 is 0 Å². The third-order valence-electron chi connectivity index (χ3n) is 3.56. The van der Waals surface area contributed by atoms with Gasteiger partial charge in [-0.1, -0.05) is 24.3 Å². The van der Waals surface area contributed by atoms with Crippen LogP contribution in [0.15, 0.2) is 59.0 Å². The van der Waals surface area contributed by atoms with E-state index in [1.807, 2.05) is 0 Å². The van der Waals surface area contributed by atoms with Crippen molar-refractivity contribution in [2.75, 3.05) is 7.11 Å². The molecule has 0 radical (unpaired) electrons. The third-order valence-corrected chi connectivity index (χ3v) is 3.56. The predicted molar refractivity (Wildman–Crippen MR) is 86.3 cm³/mol.